The third kappa shape index (κ3) is 2.60. The molecule has 7 heteroatoms. The van der Waals surface area contributed by atoms with Gasteiger partial charge in [0.05, 0.1) is 29.8 Å². The first kappa shape index (κ1) is 13.6. The van der Waals surface area contributed by atoms with Crippen LogP contribution in [0.4, 0.5) is 17.6 Å². The number of hydrogen-bond donors (Lipinski definition) is 1. The molecule has 100 valence electrons. The molecule has 0 aliphatic carbocycles. The van der Waals surface area contributed by atoms with Gasteiger partial charge in [-0.05, 0) is 12.1 Å². The summed E-state index contributed by atoms with van der Waals surface area (Å²) >= 11 is 5.54. The number of rotatable bonds is 1. The fourth-order valence-electron chi connectivity index (χ4n) is 1.91. The average molecular weight is 284 g/mol. The van der Waals surface area contributed by atoms with Gasteiger partial charge in [0.2, 0.25) is 0 Å². The molecule has 1 aromatic rings. The Balaban J connectivity index is 2.50. The van der Waals surface area contributed by atoms with Crippen molar-refractivity contribution < 1.29 is 22.3 Å². The monoisotopic (exact) mass is 283 g/mol. The van der Waals surface area contributed by atoms with Gasteiger partial charge in [-0.25, -0.2) is 4.39 Å². The zero-order valence-electron chi connectivity index (χ0n) is 9.15. The molecule has 1 saturated heterocycles. The Hall–Kier alpha value is -0.850. The van der Waals surface area contributed by atoms with Gasteiger partial charge in [-0.2, -0.15) is 13.2 Å². The third-order valence-electron chi connectivity index (χ3n) is 2.71. The van der Waals surface area contributed by atoms with Crippen LogP contribution in [-0.4, -0.2) is 19.8 Å². The molecule has 0 aromatic heterocycles. The quantitative estimate of drug-likeness (QED) is 0.800. The molecule has 0 saturated carbocycles. The van der Waals surface area contributed by atoms with Gasteiger partial charge in [-0.1, -0.05) is 11.6 Å². The van der Waals surface area contributed by atoms with E-state index >= 15 is 0 Å². The number of nitrogens with one attached hydrogen (secondary N) is 1. The highest BCUT2D eigenvalue weighted by molar-refractivity contribution is 6.30. The molecule has 1 aliphatic heterocycles. The van der Waals surface area contributed by atoms with Gasteiger partial charge in [-0.15, -0.1) is 0 Å². The van der Waals surface area contributed by atoms with E-state index < -0.39 is 29.2 Å². The molecule has 0 spiro atoms. The Labute approximate surface area is 106 Å². The summed E-state index contributed by atoms with van der Waals surface area (Å²) in [5.41, 5.74) is -1.50. The van der Waals surface area contributed by atoms with Gasteiger partial charge < -0.3 is 10.1 Å². The largest absolute Gasteiger partial charge is 0.416 e. The molecular weight excluding hydrogens is 274 g/mol. The van der Waals surface area contributed by atoms with Crippen molar-refractivity contribution >= 4 is 11.6 Å². The van der Waals surface area contributed by atoms with Gasteiger partial charge in [0.15, 0.2) is 0 Å². The van der Waals surface area contributed by atoms with E-state index in [2.05, 4.69) is 5.32 Å². The van der Waals surface area contributed by atoms with Crippen molar-refractivity contribution in [2.75, 3.05) is 19.8 Å². The lowest BCUT2D eigenvalue weighted by molar-refractivity contribution is -0.139. The van der Waals surface area contributed by atoms with Crippen LogP contribution in [0.3, 0.4) is 0 Å². The molecule has 0 radical (unpaired) electrons. The summed E-state index contributed by atoms with van der Waals surface area (Å²) in [6.45, 7) is 0.744. The second-order valence-corrected chi connectivity index (χ2v) is 4.31. The summed E-state index contributed by atoms with van der Waals surface area (Å²) in [7, 11) is 0. The van der Waals surface area contributed by atoms with E-state index in [4.69, 9.17) is 16.3 Å². The first-order valence-electron chi connectivity index (χ1n) is 5.27. The lowest BCUT2D eigenvalue weighted by Gasteiger charge is -2.27. The average Bonchev–Trinajstić information content (AvgIpc) is 2.32. The Morgan fingerprint density at radius 3 is 2.61 bits per heavy atom. The Bertz CT molecular complexity index is 443. The number of ether oxygens (including phenoxy) is 1. The van der Waals surface area contributed by atoms with Crippen molar-refractivity contribution in [1.82, 2.24) is 5.32 Å². The molecule has 1 heterocycles. The van der Waals surface area contributed by atoms with Crippen molar-refractivity contribution in [1.29, 1.82) is 0 Å². The summed E-state index contributed by atoms with van der Waals surface area (Å²) in [6, 6.07) is 0.860. The highest BCUT2D eigenvalue weighted by atomic mass is 35.5. The van der Waals surface area contributed by atoms with E-state index in [1.807, 2.05) is 0 Å². The van der Waals surface area contributed by atoms with E-state index in [-0.39, 0.29) is 11.6 Å². The fraction of sp³-hybridized carbons (Fsp3) is 0.455. The lowest BCUT2D eigenvalue weighted by Crippen LogP contribution is -2.36. The summed E-state index contributed by atoms with van der Waals surface area (Å²) in [5.74, 6) is -1.05. The van der Waals surface area contributed by atoms with Crippen LogP contribution in [0.2, 0.25) is 5.02 Å². The third-order valence-corrected chi connectivity index (χ3v) is 3.00. The summed E-state index contributed by atoms with van der Waals surface area (Å²) in [4.78, 5) is 0. The molecule has 1 atom stereocenters. The van der Waals surface area contributed by atoms with Crippen molar-refractivity contribution in [3.05, 3.63) is 34.1 Å². The van der Waals surface area contributed by atoms with Crippen LogP contribution in [-0.2, 0) is 10.9 Å². The second-order valence-electron chi connectivity index (χ2n) is 3.90. The maximum atomic E-state index is 13.8. The van der Waals surface area contributed by atoms with Gasteiger partial charge in [0.1, 0.15) is 5.82 Å². The van der Waals surface area contributed by atoms with Crippen LogP contribution < -0.4 is 5.32 Å². The Kier molecular flexibility index (Phi) is 3.79. The van der Waals surface area contributed by atoms with Crippen molar-refractivity contribution in [2.24, 2.45) is 0 Å². The van der Waals surface area contributed by atoms with E-state index in [0.29, 0.717) is 13.2 Å². The second kappa shape index (κ2) is 5.03. The van der Waals surface area contributed by atoms with Crippen LogP contribution in [0.5, 0.6) is 0 Å². The van der Waals surface area contributed by atoms with Gasteiger partial charge in [0.25, 0.3) is 0 Å². The van der Waals surface area contributed by atoms with E-state index in [9.17, 15) is 17.6 Å². The van der Waals surface area contributed by atoms with Crippen LogP contribution in [0.15, 0.2) is 12.1 Å². The topological polar surface area (TPSA) is 21.3 Å². The molecule has 1 fully saturated rings. The predicted molar refractivity (Wildman–Crippen MR) is 58.0 cm³/mol. The van der Waals surface area contributed by atoms with Crippen LogP contribution in [0.1, 0.15) is 17.2 Å². The number of halogens is 5. The zero-order valence-corrected chi connectivity index (χ0v) is 9.91. The normalized spacial score (nSPS) is 21.1. The summed E-state index contributed by atoms with van der Waals surface area (Å²) < 4.78 is 57.4. The van der Waals surface area contributed by atoms with E-state index in [1.165, 1.54) is 0 Å². The lowest BCUT2D eigenvalue weighted by atomic mass is 9.99. The maximum absolute atomic E-state index is 13.8. The zero-order chi connectivity index (χ0) is 13.3. The van der Waals surface area contributed by atoms with Crippen LogP contribution in [0, 0.1) is 5.82 Å². The van der Waals surface area contributed by atoms with Gasteiger partial charge >= 0.3 is 6.18 Å². The Morgan fingerprint density at radius 2 is 2.06 bits per heavy atom. The minimum absolute atomic E-state index is 0.0135. The van der Waals surface area contributed by atoms with E-state index in [0.717, 1.165) is 12.1 Å². The molecule has 1 N–H and O–H groups in total. The molecule has 2 rings (SSSR count). The Morgan fingerprint density at radius 1 is 1.33 bits per heavy atom. The number of hydrogen-bond acceptors (Lipinski definition) is 2. The molecule has 1 aliphatic rings. The van der Waals surface area contributed by atoms with E-state index in [1.54, 1.807) is 0 Å². The molecular formula is C11H10ClF4NO. The number of morpholine rings is 1. The summed E-state index contributed by atoms with van der Waals surface area (Å²) in [6.07, 6.45) is -4.63. The van der Waals surface area contributed by atoms with Crippen LogP contribution >= 0.6 is 11.6 Å². The minimum Gasteiger partial charge on any atom is -0.378 e. The first-order chi connectivity index (χ1) is 8.41. The standard InChI is InChI=1S/C11H10ClF4NO/c12-7-2-1-6(11(14,15)16)9(10(7)13)8-5-18-4-3-17-8/h1-2,8,17H,3-5H2/t8-/m1/s1. The molecule has 1 aromatic carbocycles. The first-order valence-corrected chi connectivity index (χ1v) is 5.65. The van der Waals surface area contributed by atoms with Crippen LogP contribution in [0.25, 0.3) is 0 Å². The number of alkyl halides is 3. The van der Waals surface area contributed by atoms with Crippen molar-refractivity contribution in [3.8, 4) is 0 Å². The minimum atomic E-state index is -4.63. The predicted octanol–water partition coefficient (Wildman–Crippen LogP) is 3.16. The highest BCUT2D eigenvalue weighted by Crippen LogP contribution is 2.38. The maximum Gasteiger partial charge on any atom is 0.416 e. The molecule has 0 amide bonds. The number of benzene rings is 1. The van der Waals surface area contributed by atoms with Gasteiger partial charge in [-0.3, -0.25) is 0 Å². The summed E-state index contributed by atoms with van der Waals surface area (Å²) in [5, 5.41) is 2.46. The molecule has 0 bridgehead atoms. The molecule has 0 unspecified atom stereocenters. The van der Waals surface area contributed by atoms with Gasteiger partial charge in [0, 0.05) is 12.1 Å². The molecule has 2 nitrogen and oxygen atoms in total. The SMILES string of the molecule is Fc1c(Cl)ccc(C(F)(F)F)c1[C@H]1COCCN1. The van der Waals surface area contributed by atoms with Crippen molar-refractivity contribution in [3.63, 3.8) is 0 Å². The molecule has 18 heavy (non-hydrogen) atoms. The highest BCUT2D eigenvalue weighted by Gasteiger charge is 2.38. The smallest absolute Gasteiger partial charge is 0.378 e. The van der Waals surface area contributed by atoms with Crippen molar-refractivity contribution in [2.45, 2.75) is 12.2 Å². The fourth-order valence-corrected chi connectivity index (χ4v) is 2.07.